The van der Waals surface area contributed by atoms with Crippen LogP contribution in [0.4, 0.5) is 14.5 Å². The number of aryl methyl sites for hydroxylation is 1. The average molecular weight is 247 g/mol. The number of hydrogen-bond acceptors (Lipinski definition) is 1. The minimum atomic E-state index is -0.671. The topological polar surface area (TPSA) is 29.1 Å². The summed E-state index contributed by atoms with van der Waals surface area (Å²) in [6.07, 6.45) is 0. The second-order valence-electron chi connectivity index (χ2n) is 3.92. The van der Waals surface area contributed by atoms with Gasteiger partial charge in [-0.05, 0) is 36.8 Å². The summed E-state index contributed by atoms with van der Waals surface area (Å²) in [5.41, 5.74) is 0.669. The second-order valence-corrected chi connectivity index (χ2v) is 3.92. The molecule has 2 aromatic rings. The first-order valence-electron chi connectivity index (χ1n) is 5.40. The van der Waals surface area contributed by atoms with E-state index in [0.717, 1.165) is 5.56 Å². The Labute approximate surface area is 103 Å². The SMILES string of the molecule is Cc1ccc(NC(=O)c2ccccc2F)c(F)c1. The molecule has 4 heteroatoms. The van der Waals surface area contributed by atoms with Crippen LogP contribution in [-0.4, -0.2) is 5.91 Å². The van der Waals surface area contributed by atoms with Crippen molar-refractivity contribution in [1.82, 2.24) is 0 Å². The first-order valence-corrected chi connectivity index (χ1v) is 5.40. The third-order valence-electron chi connectivity index (χ3n) is 2.49. The van der Waals surface area contributed by atoms with E-state index in [-0.39, 0.29) is 11.3 Å². The molecule has 2 aromatic carbocycles. The van der Waals surface area contributed by atoms with E-state index in [1.165, 1.54) is 30.3 Å². The predicted octanol–water partition coefficient (Wildman–Crippen LogP) is 3.53. The molecule has 0 aromatic heterocycles. The van der Waals surface area contributed by atoms with Crippen molar-refractivity contribution in [3.63, 3.8) is 0 Å². The molecule has 0 bridgehead atoms. The summed E-state index contributed by atoms with van der Waals surface area (Å²) >= 11 is 0. The molecule has 0 fully saturated rings. The molecule has 0 unspecified atom stereocenters. The lowest BCUT2D eigenvalue weighted by Crippen LogP contribution is -2.14. The maximum absolute atomic E-state index is 13.5. The fourth-order valence-electron chi connectivity index (χ4n) is 1.56. The second kappa shape index (κ2) is 4.96. The van der Waals surface area contributed by atoms with Gasteiger partial charge >= 0.3 is 0 Å². The van der Waals surface area contributed by atoms with Crippen LogP contribution in [0.15, 0.2) is 42.5 Å². The van der Waals surface area contributed by atoms with Gasteiger partial charge in [-0.1, -0.05) is 18.2 Å². The summed E-state index contributed by atoms with van der Waals surface area (Å²) in [5, 5.41) is 2.34. The van der Waals surface area contributed by atoms with Crippen LogP contribution >= 0.6 is 0 Å². The molecule has 92 valence electrons. The molecule has 0 spiro atoms. The van der Waals surface area contributed by atoms with Crippen LogP contribution in [0.3, 0.4) is 0 Å². The van der Waals surface area contributed by atoms with Crippen molar-refractivity contribution < 1.29 is 13.6 Å². The van der Waals surface area contributed by atoms with Crippen molar-refractivity contribution in [2.24, 2.45) is 0 Å². The molecule has 0 aliphatic rings. The summed E-state index contributed by atoms with van der Waals surface area (Å²) < 4.78 is 26.9. The van der Waals surface area contributed by atoms with Crippen molar-refractivity contribution in [3.8, 4) is 0 Å². The molecule has 0 saturated carbocycles. The first-order chi connectivity index (χ1) is 8.58. The highest BCUT2D eigenvalue weighted by atomic mass is 19.1. The van der Waals surface area contributed by atoms with Crippen LogP contribution in [0.2, 0.25) is 0 Å². The van der Waals surface area contributed by atoms with Gasteiger partial charge in [-0.3, -0.25) is 4.79 Å². The Morgan fingerprint density at radius 3 is 2.44 bits per heavy atom. The molecule has 2 nitrogen and oxygen atoms in total. The monoisotopic (exact) mass is 247 g/mol. The highest BCUT2D eigenvalue weighted by Crippen LogP contribution is 2.17. The zero-order valence-electron chi connectivity index (χ0n) is 9.71. The van der Waals surface area contributed by atoms with Crippen LogP contribution in [0.5, 0.6) is 0 Å². The molecule has 1 N–H and O–H groups in total. The highest BCUT2D eigenvalue weighted by Gasteiger charge is 2.12. The van der Waals surface area contributed by atoms with Gasteiger partial charge in [0.1, 0.15) is 11.6 Å². The Morgan fingerprint density at radius 2 is 1.78 bits per heavy atom. The van der Waals surface area contributed by atoms with Crippen molar-refractivity contribution in [2.75, 3.05) is 5.32 Å². The third kappa shape index (κ3) is 2.53. The van der Waals surface area contributed by atoms with Gasteiger partial charge in [-0.25, -0.2) is 8.78 Å². The molecule has 0 aliphatic heterocycles. The quantitative estimate of drug-likeness (QED) is 0.864. The summed E-state index contributed by atoms with van der Waals surface area (Å²) in [7, 11) is 0. The van der Waals surface area contributed by atoms with Gasteiger partial charge in [0.2, 0.25) is 0 Å². The number of nitrogens with one attached hydrogen (secondary N) is 1. The van der Waals surface area contributed by atoms with E-state index >= 15 is 0 Å². The summed E-state index contributed by atoms with van der Waals surface area (Å²) in [4.78, 5) is 11.8. The van der Waals surface area contributed by atoms with Crippen molar-refractivity contribution >= 4 is 11.6 Å². The van der Waals surface area contributed by atoms with Crippen molar-refractivity contribution in [1.29, 1.82) is 0 Å². The van der Waals surface area contributed by atoms with Gasteiger partial charge in [0.25, 0.3) is 5.91 Å². The van der Waals surface area contributed by atoms with E-state index in [2.05, 4.69) is 5.32 Å². The van der Waals surface area contributed by atoms with E-state index in [4.69, 9.17) is 0 Å². The lowest BCUT2D eigenvalue weighted by molar-refractivity contribution is 0.102. The van der Waals surface area contributed by atoms with Gasteiger partial charge in [0.15, 0.2) is 0 Å². The normalized spacial score (nSPS) is 10.2. The van der Waals surface area contributed by atoms with E-state index < -0.39 is 17.5 Å². The maximum Gasteiger partial charge on any atom is 0.258 e. The maximum atomic E-state index is 13.5. The van der Waals surface area contributed by atoms with E-state index in [1.807, 2.05) is 0 Å². The molecular weight excluding hydrogens is 236 g/mol. The Kier molecular flexibility index (Phi) is 3.37. The molecule has 0 aliphatic carbocycles. The van der Waals surface area contributed by atoms with Crippen LogP contribution in [0.25, 0.3) is 0 Å². The summed E-state index contributed by atoms with van der Waals surface area (Å²) in [6.45, 7) is 1.74. The lowest BCUT2D eigenvalue weighted by atomic mass is 10.1. The number of benzene rings is 2. The smallest absolute Gasteiger partial charge is 0.258 e. The lowest BCUT2D eigenvalue weighted by Gasteiger charge is -2.07. The van der Waals surface area contributed by atoms with Gasteiger partial charge < -0.3 is 5.32 Å². The molecule has 0 saturated heterocycles. The first kappa shape index (κ1) is 12.2. The number of halogens is 2. The summed E-state index contributed by atoms with van der Waals surface area (Å²) in [5.74, 6) is -1.85. The number of anilines is 1. The number of carbonyl (C=O) groups is 1. The largest absolute Gasteiger partial charge is 0.319 e. The van der Waals surface area contributed by atoms with Crippen LogP contribution in [-0.2, 0) is 0 Å². The fourth-order valence-corrected chi connectivity index (χ4v) is 1.56. The van der Waals surface area contributed by atoms with Gasteiger partial charge in [-0.2, -0.15) is 0 Å². The zero-order chi connectivity index (χ0) is 13.1. The number of rotatable bonds is 2. The average Bonchev–Trinajstić information content (AvgIpc) is 2.33. The number of hydrogen-bond donors (Lipinski definition) is 1. The van der Waals surface area contributed by atoms with Gasteiger partial charge in [0, 0.05) is 0 Å². The number of carbonyl (C=O) groups excluding carboxylic acids is 1. The molecule has 0 radical (unpaired) electrons. The van der Waals surface area contributed by atoms with E-state index in [9.17, 15) is 13.6 Å². The fraction of sp³-hybridized carbons (Fsp3) is 0.0714. The standard InChI is InChI=1S/C14H11F2NO/c1-9-6-7-13(12(16)8-9)17-14(18)10-4-2-3-5-11(10)15/h2-8H,1H3,(H,17,18). The van der Waals surface area contributed by atoms with Crippen LogP contribution in [0, 0.1) is 18.6 Å². The third-order valence-corrected chi connectivity index (χ3v) is 2.49. The van der Waals surface area contributed by atoms with E-state index in [1.54, 1.807) is 19.1 Å². The van der Waals surface area contributed by atoms with E-state index in [0.29, 0.717) is 0 Å². The molecule has 0 heterocycles. The van der Waals surface area contributed by atoms with Gasteiger partial charge in [-0.15, -0.1) is 0 Å². The van der Waals surface area contributed by atoms with Gasteiger partial charge in [0.05, 0.1) is 11.3 Å². The minimum Gasteiger partial charge on any atom is -0.319 e. The van der Waals surface area contributed by atoms with Crippen molar-refractivity contribution in [3.05, 3.63) is 65.2 Å². The van der Waals surface area contributed by atoms with Crippen LogP contribution < -0.4 is 5.32 Å². The Balaban J connectivity index is 2.24. The Morgan fingerprint density at radius 1 is 1.06 bits per heavy atom. The molecule has 1 amide bonds. The molecular formula is C14H11F2NO. The molecule has 18 heavy (non-hydrogen) atoms. The Hall–Kier alpha value is -2.23. The van der Waals surface area contributed by atoms with Crippen molar-refractivity contribution in [2.45, 2.75) is 6.92 Å². The summed E-state index contributed by atoms with van der Waals surface area (Å²) in [6, 6.07) is 9.97. The van der Waals surface area contributed by atoms with Crippen LogP contribution in [0.1, 0.15) is 15.9 Å². The highest BCUT2D eigenvalue weighted by molar-refractivity contribution is 6.04. The molecule has 0 atom stereocenters. The minimum absolute atomic E-state index is 0.0360. The zero-order valence-corrected chi connectivity index (χ0v) is 9.71. The predicted molar refractivity (Wildman–Crippen MR) is 65.5 cm³/mol. The Bertz CT molecular complexity index is 596. The molecule has 2 rings (SSSR count). The number of amides is 1.